The van der Waals surface area contributed by atoms with Crippen molar-refractivity contribution in [3.05, 3.63) is 41.7 Å². The van der Waals surface area contributed by atoms with E-state index in [4.69, 9.17) is 0 Å². The van der Waals surface area contributed by atoms with Gasteiger partial charge in [0.1, 0.15) is 22.9 Å². The van der Waals surface area contributed by atoms with E-state index in [9.17, 15) is 12.8 Å². The quantitative estimate of drug-likeness (QED) is 0.792. The van der Waals surface area contributed by atoms with E-state index in [1.165, 1.54) is 18.5 Å². The lowest BCUT2D eigenvalue weighted by molar-refractivity contribution is 0.553. The molecule has 2 aromatic rings. The zero-order valence-electron chi connectivity index (χ0n) is 11.7. The van der Waals surface area contributed by atoms with Crippen LogP contribution in [0, 0.1) is 5.82 Å². The van der Waals surface area contributed by atoms with Gasteiger partial charge in [-0.25, -0.2) is 17.5 Å². The van der Waals surface area contributed by atoms with E-state index in [0.29, 0.717) is 17.9 Å². The van der Waals surface area contributed by atoms with E-state index in [1.54, 1.807) is 18.7 Å². The molecule has 114 valence electrons. The van der Waals surface area contributed by atoms with Crippen molar-refractivity contribution in [3.8, 4) is 0 Å². The lowest BCUT2D eigenvalue weighted by Gasteiger charge is -2.09. The van der Waals surface area contributed by atoms with E-state index in [0.717, 1.165) is 6.07 Å². The van der Waals surface area contributed by atoms with Gasteiger partial charge in [0, 0.05) is 13.6 Å². The van der Waals surface area contributed by atoms with Crippen molar-refractivity contribution in [1.82, 2.24) is 24.8 Å². The maximum atomic E-state index is 13.8. The van der Waals surface area contributed by atoms with Crippen LogP contribution in [0.3, 0.4) is 0 Å². The number of hydrogen-bond acceptors (Lipinski definition) is 5. The van der Waals surface area contributed by atoms with Gasteiger partial charge in [-0.1, -0.05) is 6.07 Å². The molecular weight excluding hydrogens is 297 g/mol. The molecule has 0 spiro atoms. The Kier molecular flexibility index (Phi) is 4.66. The van der Waals surface area contributed by atoms with Crippen molar-refractivity contribution in [2.45, 2.75) is 18.0 Å². The van der Waals surface area contributed by atoms with E-state index in [1.807, 2.05) is 0 Å². The average molecular weight is 313 g/mol. The fourth-order valence-electron chi connectivity index (χ4n) is 1.77. The maximum Gasteiger partial charge on any atom is 0.243 e. The number of sulfonamides is 1. The summed E-state index contributed by atoms with van der Waals surface area (Å²) in [6.45, 7) is 0.389. The molecule has 1 aromatic heterocycles. The van der Waals surface area contributed by atoms with Crippen molar-refractivity contribution >= 4 is 10.0 Å². The van der Waals surface area contributed by atoms with Crippen molar-refractivity contribution in [2.75, 3.05) is 7.05 Å². The molecule has 0 amide bonds. The van der Waals surface area contributed by atoms with Gasteiger partial charge in [-0.15, -0.1) is 10.2 Å². The van der Waals surface area contributed by atoms with Crippen molar-refractivity contribution < 1.29 is 12.8 Å². The fraction of sp³-hybridized carbons (Fsp3) is 0.333. The topological polar surface area (TPSA) is 88.9 Å². The third-order valence-electron chi connectivity index (χ3n) is 2.89. The van der Waals surface area contributed by atoms with Crippen molar-refractivity contribution in [2.24, 2.45) is 7.05 Å². The second-order valence-corrected chi connectivity index (χ2v) is 6.21. The largest absolute Gasteiger partial charge is 0.320 e. The highest BCUT2D eigenvalue weighted by Crippen LogP contribution is 2.16. The minimum absolute atomic E-state index is 0.0610. The van der Waals surface area contributed by atoms with Gasteiger partial charge < -0.3 is 9.88 Å². The van der Waals surface area contributed by atoms with Gasteiger partial charge in [0.05, 0.1) is 6.54 Å². The highest BCUT2D eigenvalue weighted by atomic mass is 32.2. The molecule has 21 heavy (non-hydrogen) atoms. The second-order valence-electron chi connectivity index (χ2n) is 4.48. The van der Waals surface area contributed by atoms with Crippen LogP contribution in [0.25, 0.3) is 0 Å². The first-order valence-electron chi connectivity index (χ1n) is 6.19. The Labute approximate surface area is 122 Å². The zero-order chi connectivity index (χ0) is 15.5. The number of hydrogen-bond donors (Lipinski definition) is 2. The third kappa shape index (κ3) is 3.63. The zero-order valence-corrected chi connectivity index (χ0v) is 12.5. The first-order valence-corrected chi connectivity index (χ1v) is 7.68. The molecule has 7 nitrogen and oxygen atoms in total. The maximum absolute atomic E-state index is 13.8. The fourth-order valence-corrected chi connectivity index (χ4v) is 2.88. The minimum atomic E-state index is -3.96. The molecular formula is C12H16FN5O2S. The molecule has 0 fully saturated rings. The highest BCUT2D eigenvalue weighted by Gasteiger charge is 2.20. The molecule has 0 radical (unpaired) electrons. The van der Waals surface area contributed by atoms with Gasteiger partial charge in [0.15, 0.2) is 0 Å². The Balaban J connectivity index is 2.22. The predicted octanol–water partition coefficient (Wildman–Crippen LogP) is 0.152. The van der Waals surface area contributed by atoms with Crippen LogP contribution >= 0.6 is 0 Å². The molecule has 0 aliphatic heterocycles. The van der Waals surface area contributed by atoms with Crippen LogP contribution in [0.2, 0.25) is 0 Å². The van der Waals surface area contributed by atoms with Crippen LogP contribution in [0.15, 0.2) is 29.4 Å². The van der Waals surface area contributed by atoms with Gasteiger partial charge >= 0.3 is 0 Å². The summed E-state index contributed by atoms with van der Waals surface area (Å²) < 4.78 is 42.0. The third-order valence-corrected chi connectivity index (χ3v) is 4.31. The molecule has 2 N–H and O–H groups in total. The summed E-state index contributed by atoms with van der Waals surface area (Å²) in [6.07, 6.45) is 1.46. The molecule has 0 aliphatic carbocycles. The summed E-state index contributed by atoms with van der Waals surface area (Å²) in [5.41, 5.74) is 0.679. The summed E-state index contributed by atoms with van der Waals surface area (Å²) in [5.74, 6) is -0.356. The predicted molar refractivity (Wildman–Crippen MR) is 74.2 cm³/mol. The van der Waals surface area contributed by atoms with Gasteiger partial charge in [-0.05, 0) is 24.7 Å². The number of benzene rings is 1. The number of nitrogens with zero attached hydrogens (tertiary/aromatic N) is 3. The van der Waals surface area contributed by atoms with Gasteiger partial charge in [-0.2, -0.15) is 0 Å². The smallest absolute Gasteiger partial charge is 0.243 e. The van der Waals surface area contributed by atoms with E-state index in [-0.39, 0.29) is 11.4 Å². The molecule has 0 saturated carbocycles. The van der Waals surface area contributed by atoms with Gasteiger partial charge in [-0.3, -0.25) is 0 Å². The van der Waals surface area contributed by atoms with Crippen molar-refractivity contribution in [1.29, 1.82) is 0 Å². The minimum Gasteiger partial charge on any atom is -0.320 e. The first kappa shape index (κ1) is 15.5. The second kappa shape index (κ2) is 6.29. The normalized spacial score (nSPS) is 11.8. The van der Waals surface area contributed by atoms with Gasteiger partial charge in [0.25, 0.3) is 0 Å². The number of aromatic nitrogens is 3. The number of halogens is 1. The molecule has 0 saturated heterocycles. The molecule has 0 unspecified atom stereocenters. The van der Waals surface area contributed by atoms with Crippen molar-refractivity contribution in [3.63, 3.8) is 0 Å². The van der Waals surface area contributed by atoms with Crippen LogP contribution in [-0.2, 0) is 30.2 Å². The summed E-state index contributed by atoms with van der Waals surface area (Å²) >= 11 is 0. The molecule has 0 atom stereocenters. The van der Waals surface area contributed by atoms with E-state index >= 15 is 0 Å². The Morgan fingerprint density at radius 2 is 2.10 bits per heavy atom. The van der Waals surface area contributed by atoms with Crippen LogP contribution in [0.1, 0.15) is 11.4 Å². The average Bonchev–Trinajstić information content (AvgIpc) is 2.84. The standard InChI is InChI=1S/C12H16FN5O2S/c1-14-6-9-3-4-10(13)11(5-9)21(19,20)16-7-12-17-15-8-18(12)2/h3-5,8,14,16H,6-7H2,1-2H3. The lowest BCUT2D eigenvalue weighted by atomic mass is 10.2. The van der Waals surface area contributed by atoms with Crippen LogP contribution in [0.4, 0.5) is 4.39 Å². The number of nitrogens with one attached hydrogen (secondary N) is 2. The molecule has 9 heteroatoms. The molecule has 1 aromatic carbocycles. The molecule has 0 aliphatic rings. The van der Waals surface area contributed by atoms with Crippen LogP contribution in [-0.4, -0.2) is 30.2 Å². The molecule has 0 bridgehead atoms. The van der Waals surface area contributed by atoms with Crippen LogP contribution in [0.5, 0.6) is 0 Å². The Hall–Kier alpha value is -1.84. The summed E-state index contributed by atoms with van der Waals surface area (Å²) in [4.78, 5) is -0.377. The lowest BCUT2D eigenvalue weighted by Crippen LogP contribution is -2.26. The van der Waals surface area contributed by atoms with E-state index in [2.05, 4.69) is 20.2 Å². The number of aryl methyl sites for hydroxylation is 1. The van der Waals surface area contributed by atoms with E-state index < -0.39 is 15.8 Å². The summed E-state index contributed by atoms with van der Waals surface area (Å²) in [6, 6.07) is 3.99. The SMILES string of the molecule is CNCc1ccc(F)c(S(=O)(=O)NCc2nncn2C)c1. The highest BCUT2D eigenvalue weighted by molar-refractivity contribution is 7.89. The molecule has 1 heterocycles. The van der Waals surface area contributed by atoms with Gasteiger partial charge in [0.2, 0.25) is 10.0 Å². The Morgan fingerprint density at radius 3 is 2.71 bits per heavy atom. The Bertz CT molecular complexity index is 729. The van der Waals surface area contributed by atoms with Crippen LogP contribution < -0.4 is 10.0 Å². The summed E-state index contributed by atoms with van der Waals surface area (Å²) in [5, 5.41) is 10.3. The monoisotopic (exact) mass is 313 g/mol. The number of rotatable bonds is 6. The molecule has 2 rings (SSSR count). The Morgan fingerprint density at radius 1 is 1.33 bits per heavy atom. The first-order chi connectivity index (χ1) is 9.94. The summed E-state index contributed by atoms with van der Waals surface area (Å²) in [7, 11) is -0.540.